The maximum atomic E-state index is 14.6. The van der Waals surface area contributed by atoms with Crippen molar-refractivity contribution in [1.29, 1.82) is 0 Å². The Labute approximate surface area is 145 Å². The second kappa shape index (κ2) is 7.19. The first-order chi connectivity index (χ1) is 11.9. The van der Waals surface area contributed by atoms with Gasteiger partial charge in [0.15, 0.2) is 23.3 Å². The smallest absolute Gasteiger partial charge is 0.167 e. The van der Waals surface area contributed by atoms with Crippen molar-refractivity contribution >= 4 is 0 Å². The minimum absolute atomic E-state index is 0.0104. The zero-order valence-electron chi connectivity index (χ0n) is 14.5. The van der Waals surface area contributed by atoms with E-state index in [0.29, 0.717) is 17.9 Å². The Morgan fingerprint density at radius 2 is 1.32 bits per heavy atom. The van der Waals surface area contributed by atoms with Crippen LogP contribution in [0.15, 0.2) is 24.3 Å². The first-order valence-corrected chi connectivity index (χ1v) is 8.89. The molecule has 0 radical (unpaired) electrons. The lowest BCUT2D eigenvalue weighted by Gasteiger charge is -2.27. The van der Waals surface area contributed by atoms with Gasteiger partial charge in [-0.05, 0) is 42.2 Å². The normalized spacial score (nSPS) is 20.7. The number of halogens is 4. The summed E-state index contributed by atoms with van der Waals surface area (Å²) in [7, 11) is 0. The molecule has 2 aromatic rings. The molecule has 134 valence electrons. The summed E-state index contributed by atoms with van der Waals surface area (Å²) in [4.78, 5) is 0. The largest absolute Gasteiger partial charge is 0.203 e. The summed E-state index contributed by atoms with van der Waals surface area (Å²) in [6, 6.07) is 5.63. The van der Waals surface area contributed by atoms with Crippen LogP contribution in [0.4, 0.5) is 17.6 Å². The third-order valence-corrected chi connectivity index (χ3v) is 5.40. The molecule has 0 heterocycles. The third-order valence-electron chi connectivity index (χ3n) is 5.40. The number of hydrogen-bond acceptors (Lipinski definition) is 0. The second-order valence-electron chi connectivity index (χ2n) is 7.04. The van der Waals surface area contributed by atoms with Gasteiger partial charge in [-0.15, -0.1) is 0 Å². The van der Waals surface area contributed by atoms with Crippen molar-refractivity contribution in [2.75, 3.05) is 0 Å². The highest BCUT2D eigenvalue weighted by molar-refractivity contribution is 5.66. The highest BCUT2D eigenvalue weighted by Crippen LogP contribution is 2.39. The van der Waals surface area contributed by atoms with Crippen LogP contribution in [-0.2, 0) is 6.42 Å². The Morgan fingerprint density at radius 1 is 0.760 bits per heavy atom. The van der Waals surface area contributed by atoms with Crippen molar-refractivity contribution < 1.29 is 17.6 Å². The molecule has 1 aliphatic rings. The van der Waals surface area contributed by atoms with E-state index in [1.165, 1.54) is 24.3 Å². The van der Waals surface area contributed by atoms with Crippen molar-refractivity contribution in [1.82, 2.24) is 0 Å². The molecule has 25 heavy (non-hydrogen) atoms. The molecule has 1 saturated carbocycles. The SMILES string of the molecule is CCc1ccc(-c2ccc([C@H]3CC[C@H](C)CC3)c(F)c2F)c(F)c1F. The highest BCUT2D eigenvalue weighted by atomic mass is 19.2. The monoisotopic (exact) mass is 350 g/mol. The van der Waals surface area contributed by atoms with Gasteiger partial charge in [-0.3, -0.25) is 0 Å². The first-order valence-electron chi connectivity index (χ1n) is 8.89. The molecule has 1 aliphatic carbocycles. The summed E-state index contributed by atoms with van der Waals surface area (Å²) in [5.74, 6) is -3.56. The van der Waals surface area contributed by atoms with Crippen molar-refractivity contribution in [3.63, 3.8) is 0 Å². The lowest BCUT2D eigenvalue weighted by atomic mass is 9.79. The molecule has 4 heteroatoms. The summed E-state index contributed by atoms with van der Waals surface area (Å²) >= 11 is 0. The second-order valence-corrected chi connectivity index (χ2v) is 7.04. The third kappa shape index (κ3) is 3.31. The van der Waals surface area contributed by atoms with Crippen LogP contribution in [0, 0.1) is 29.2 Å². The Balaban J connectivity index is 2.00. The minimum Gasteiger partial charge on any atom is -0.203 e. The van der Waals surface area contributed by atoms with E-state index < -0.39 is 23.3 Å². The van der Waals surface area contributed by atoms with Gasteiger partial charge in [0.1, 0.15) is 0 Å². The van der Waals surface area contributed by atoms with E-state index >= 15 is 0 Å². The molecule has 0 N–H and O–H groups in total. The van der Waals surface area contributed by atoms with Crippen LogP contribution in [0.2, 0.25) is 0 Å². The van der Waals surface area contributed by atoms with Gasteiger partial charge in [-0.1, -0.05) is 51.0 Å². The fourth-order valence-corrected chi connectivity index (χ4v) is 3.73. The van der Waals surface area contributed by atoms with Gasteiger partial charge < -0.3 is 0 Å². The van der Waals surface area contributed by atoms with Crippen LogP contribution in [0.1, 0.15) is 56.6 Å². The zero-order chi connectivity index (χ0) is 18.1. The van der Waals surface area contributed by atoms with Gasteiger partial charge in [-0.25, -0.2) is 17.6 Å². The lowest BCUT2D eigenvalue weighted by molar-refractivity contribution is 0.339. The summed E-state index contributed by atoms with van der Waals surface area (Å²) in [6.07, 6.45) is 3.96. The van der Waals surface area contributed by atoms with E-state index in [9.17, 15) is 17.6 Å². The average Bonchev–Trinajstić information content (AvgIpc) is 2.61. The molecule has 0 atom stereocenters. The Kier molecular flexibility index (Phi) is 5.16. The van der Waals surface area contributed by atoms with Gasteiger partial charge in [0.2, 0.25) is 0 Å². The van der Waals surface area contributed by atoms with Gasteiger partial charge >= 0.3 is 0 Å². The predicted octanol–water partition coefficient (Wildman–Crippen LogP) is 6.77. The van der Waals surface area contributed by atoms with Crippen LogP contribution in [0.5, 0.6) is 0 Å². The number of aryl methyl sites for hydroxylation is 1. The van der Waals surface area contributed by atoms with Crippen LogP contribution < -0.4 is 0 Å². The molecule has 2 aromatic carbocycles. The first kappa shape index (κ1) is 18.0. The van der Waals surface area contributed by atoms with E-state index in [2.05, 4.69) is 6.92 Å². The fraction of sp³-hybridized carbons (Fsp3) is 0.429. The number of benzene rings is 2. The number of rotatable bonds is 3. The molecule has 0 saturated heterocycles. The lowest BCUT2D eigenvalue weighted by Crippen LogP contribution is -2.13. The molecule has 0 spiro atoms. The van der Waals surface area contributed by atoms with E-state index in [4.69, 9.17) is 0 Å². The zero-order valence-corrected chi connectivity index (χ0v) is 14.5. The molecular formula is C21H22F4. The molecule has 3 rings (SSSR count). The van der Waals surface area contributed by atoms with Gasteiger partial charge in [0.25, 0.3) is 0 Å². The van der Waals surface area contributed by atoms with Crippen molar-refractivity contribution in [3.8, 4) is 11.1 Å². The van der Waals surface area contributed by atoms with E-state index in [0.717, 1.165) is 25.7 Å². The Bertz CT molecular complexity index is 774. The van der Waals surface area contributed by atoms with E-state index in [1.54, 1.807) is 6.92 Å². The average molecular weight is 350 g/mol. The minimum atomic E-state index is -1.13. The molecule has 1 fully saturated rings. The molecule has 0 bridgehead atoms. The standard InChI is InChI=1S/C21H22F4/c1-3-13-8-9-16(20(24)18(13)22)17-11-10-15(19(23)21(17)25)14-6-4-12(2)5-7-14/h8-12,14H,3-7H2,1-2H3/t12-,14-. The van der Waals surface area contributed by atoms with Crippen LogP contribution in [0.25, 0.3) is 11.1 Å². The van der Waals surface area contributed by atoms with Crippen LogP contribution in [-0.4, -0.2) is 0 Å². The highest BCUT2D eigenvalue weighted by Gasteiger charge is 2.26. The summed E-state index contributed by atoms with van der Waals surface area (Å²) in [6.45, 7) is 3.87. The topological polar surface area (TPSA) is 0 Å². The van der Waals surface area contributed by atoms with Gasteiger partial charge in [0.05, 0.1) is 0 Å². The fourth-order valence-electron chi connectivity index (χ4n) is 3.73. The van der Waals surface area contributed by atoms with Crippen LogP contribution in [0.3, 0.4) is 0 Å². The van der Waals surface area contributed by atoms with Crippen LogP contribution >= 0.6 is 0 Å². The molecule has 0 aliphatic heterocycles. The maximum Gasteiger partial charge on any atom is 0.167 e. The molecule has 0 aromatic heterocycles. The predicted molar refractivity (Wildman–Crippen MR) is 91.5 cm³/mol. The van der Waals surface area contributed by atoms with E-state index in [1.807, 2.05) is 0 Å². The summed E-state index contributed by atoms with van der Waals surface area (Å²) in [5.41, 5.74) is 0.0914. The van der Waals surface area contributed by atoms with Gasteiger partial charge in [0, 0.05) is 11.1 Å². The quantitative estimate of drug-likeness (QED) is 0.536. The molecular weight excluding hydrogens is 328 g/mol. The van der Waals surface area contributed by atoms with E-state index in [-0.39, 0.29) is 22.6 Å². The van der Waals surface area contributed by atoms with Crippen molar-refractivity contribution in [3.05, 3.63) is 58.7 Å². The number of hydrogen-bond donors (Lipinski definition) is 0. The Morgan fingerprint density at radius 3 is 1.92 bits per heavy atom. The van der Waals surface area contributed by atoms with Crippen molar-refractivity contribution in [2.45, 2.75) is 51.9 Å². The van der Waals surface area contributed by atoms with Crippen molar-refractivity contribution in [2.24, 2.45) is 5.92 Å². The Hall–Kier alpha value is -1.84. The summed E-state index contributed by atoms with van der Waals surface area (Å²) < 4.78 is 57.5. The van der Waals surface area contributed by atoms with Gasteiger partial charge in [-0.2, -0.15) is 0 Å². The molecule has 0 amide bonds. The maximum absolute atomic E-state index is 14.6. The molecule has 0 nitrogen and oxygen atoms in total. The summed E-state index contributed by atoms with van der Waals surface area (Å²) in [5, 5.41) is 0. The molecule has 0 unspecified atom stereocenters.